The second-order valence-electron chi connectivity index (χ2n) is 11.5. The average Bonchev–Trinajstić information content (AvgIpc) is 3.30. The lowest BCUT2D eigenvalue weighted by Gasteiger charge is -2.40. The monoisotopic (exact) mass is 551 g/mol. The van der Waals surface area contributed by atoms with Gasteiger partial charge in [0.1, 0.15) is 11.6 Å². The molecular weight excluding hydrogens is 517 g/mol. The van der Waals surface area contributed by atoms with Gasteiger partial charge in [0.25, 0.3) is 0 Å². The number of aliphatic carboxylic acids is 1. The predicted molar refractivity (Wildman–Crippen MR) is 142 cm³/mol. The highest BCUT2D eigenvalue weighted by molar-refractivity contribution is 6.42. The highest BCUT2D eigenvalue weighted by atomic mass is 35.5. The van der Waals surface area contributed by atoms with Crippen LogP contribution < -0.4 is 5.32 Å². The van der Waals surface area contributed by atoms with E-state index < -0.39 is 34.4 Å². The molecule has 10 heteroatoms. The number of carboxylic acid groups (broad SMARTS) is 1. The lowest BCUT2D eigenvalue weighted by Crippen LogP contribution is -2.50. The molecule has 37 heavy (non-hydrogen) atoms. The largest absolute Gasteiger partial charge is 0.480 e. The van der Waals surface area contributed by atoms with Gasteiger partial charge in [0, 0.05) is 25.1 Å². The molecule has 1 amide bonds. The van der Waals surface area contributed by atoms with Crippen molar-refractivity contribution < 1.29 is 24.2 Å². The van der Waals surface area contributed by atoms with Gasteiger partial charge in [0.15, 0.2) is 0 Å². The zero-order valence-electron chi connectivity index (χ0n) is 22.1. The van der Waals surface area contributed by atoms with Gasteiger partial charge >= 0.3 is 11.9 Å². The van der Waals surface area contributed by atoms with E-state index in [1.807, 2.05) is 52.2 Å². The van der Waals surface area contributed by atoms with Gasteiger partial charge in [-0.25, -0.2) is 9.78 Å². The van der Waals surface area contributed by atoms with Crippen LogP contribution in [0, 0.1) is 16.7 Å². The highest BCUT2D eigenvalue weighted by Crippen LogP contribution is 2.57. The van der Waals surface area contributed by atoms with Crippen LogP contribution in [0.15, 0.2) is 30.7 Å². The van der Waals surface area contributed by atoms with Crippen molar-refractivity contribution >= 4 is 41.0 Å². The summed E-state index contributed by atoms with van der Waals surface area (Å²) in [4.78, 5) is 42.7. The number of hydrogen-bond acceptors (Lipinski definition) is 5. The Morgan fingerprint density at radius 3 is 2.49 bits per heavy atom. The molecule has 0 aliphatic heterocycles. The van der Waals surface area contributed by atoms with Crippen molar-refractivity contribution in [3.8, 4) is 0 Å². The fourth-order valence-electron chi connectivity index (χ4n) is 4.84. The molecule has 0 radical (unpaired) electrons. The molecule has 202 valence electrons. The highest BCUT2D eigenvalue weighted by Gasteiger charge is 2.59. The first kappa shape index (κ1) is 29.0. The van der Waals surface area contributed by atoms with Gasteiger partial charge in [0.2, 0.25) is 5.91 Å². The van der Waals surface area contributed by atoms with E-state index in [1.54, 1.807) is 24.7 Å². The smallest absolute Gasteiger partial charge is 0.326 e. The number of benzene rings is 1. The third-order valence-electron chi connectivity index (χ3n) is 7.46. The normalized spacial score (nSPS) is 21.9. The summed E-state index contributed by atoms with van der Waals surface area (Å²) in [5, 5.41) is 13.4. The molecule has 1 aromatic carbocycles. The summed E-state index contributed by atoms with van der Waals surface area (Å²) in [5.74, 6) is -2.43. The minimum Gasteiger partial charge on any atom is -0.480 e. The molecule has 2 unspecified atom stereocenters. The Morgan fingerprint density at radius 2 is 1.89 bits per heavy atom. The van der Waals surface area contributed by atoms with E-state index in [-0.39, 0.29) is 18.3 Å². The number of ether oxygens (including phenoxy) is 1. The number of halogens is 2. The third kappa shape index (κ3) is 6.47. The van der Waals surface area contributed by atoms with E-state index in [0.29, 0.717) is 35.1 Å². The number of hydrogen-bond donors (Lipinski definition) is 2. The second kappa shape index (κ2) is 10.7. The Labute approximate surface area is 227 Å². The summed E-state index contributed by atoms with van der Waals surface area (Å²) in [5.41, 5.74) is -0.808. The van der Waals surface area contributed by atoms with Gasteiger partial charge < -0.3 is 19.7 Å². The van der Waals surface area contributed by atoms with Gasteiger partial charge in [-0.3, -0.25) is 9.59 Å². The first-order chi connectivity index (χ1) is 17.0. The first-order valence-corrected chi connectivity index (χ1v) is 13.0. The Kier molecular flexibility index (Phi) is 8.35. The molecule has 1 aromatic heterocycles. The number of rotatable bonds is 8. The number of nitrogens with zero attached hydrogens (tertiary/aromatic N) is 2. The van der Waals surface area contributed by atoms with Gasteiger partial charge in [-0.2, -0.15) is 0 Å². The summed E-state index contributed by atoms with van der Waals surface area (Å²) in [6.07, 6.45) is 4.30. The number of aromatic nitrogens is 2. The molecule has 1 heterocycles. The molecule has 1 aliphatic carbocycles. The standard InChI is InChI=1S/C27H35Cl2N3O5/c1-25(2,3)37-24(36)27(6)10-9-18(26(27,4)5)22(33)31-21(23(34)35)12-17-14-32(15-30-17)13-16-7-8-19(28)20(29)11-16/h7-8,11,14-15,18,21H,9-10,12-13H2,1-6H3,(H,31,33)(H,34,35)/t18?,21-,27?/m0/s1. The van der Waals surface area contributed by atoms with Crippen LogP contribution in [0.5, 0.6) is 0 Å². The number of esters is 1. The Bertz CT molecular complexity index is 1190. The molecule has 2 N–H and O–H groups in total. The maximum absolute atomic E-state index is 13.3. The average molecular weight is 552 g/mol. The molecule has 3 rings (SSSR count). The molecule has 3 atom stereocenters. The number of imidazole rings is 1. The van der Waals surface area contributed by atoms with E-state index in [1.165, 1.54) is 0 Å². The van der Waals surface area contributed by atoms with E-state index in [9.17, 15) is 19.5 Å². The number of carbonyl (C=O) groups excluding carboxylic acids is 2. The molecule has 1 fully saturated rings. The number of carboxylic acids is 1. The number of amides is 1. The van der Waals surface area contributed by atoms with Gasteiger partial charge in [-0.15, -0.1) is 0 Å². The van der Waals surface area contributed by atoms with E-state index in [4.69, 9.17) is 27.9 Å². The van der Waals surface area contributed by atoms with Crippen LogP contribution in [0.2, 0.25) is 10.0 Å². The van der Waals surface area contributed by atoms with E-state index in [0.717, 1.165) is 5.56 Å². The lowest BCUT2D eigenvalue weighted by atomic mass is 9.65. The zero-order chi connectivity index (χ0) is 27.8. The molecule has 1 saturated carbocycles. The van der Waals surface area contributed by atoms with Crippen molar-refractivity contribution in [1.29, 1.82) is 0 Å². The molecule has 1 aliphatic rings. The van der Waals surface area contributed by atoms with Crippen molar-refractivity contribution in [1.82, 2.24) is 14.9 Å². The lowest BCUT2D eigenvalue weighted by molar-refractivity contribution is -0.173. The van der Waals surface area contributed by atoms with Crippen molar-refractivity contribution in [2.75, 3.05) is 0 Å². The van der Waals surface area contributed by atoms with Crippen molar-refractivity contribution in [3.63, 3.8) is 0 Å². The molecular formula is C27H35Cl2N3O5. The Balaban J connectivity index is 1.68. The summed E-state index contributed by atoms with van der Waals surface area (Å²) < 4.78 is 7.46. The summed E-state index contributed by atoms with van der Waals surface area (Å²) in [6, 6.07) is 4.16. The zero-order valence-corrected chi connectivity index (χ0v) is 23.6. The minimum atomic E-state index is -1.16. The van der Waals surface area contributed by atoms with Crippen LogP contribution in [-0.4, -0.2) is 44.1 Å². The van der Waals surface area contributed by atoms with E-state index in [2.05, 4.69) is 10.3 Å². The minimum absolute atomic E-state index is 0.0198. The Hall–Kier alpha value is -2.58. The van der Waals surface area contributed by atoms with Crippen LogP contribution in [0.4, 0.5) is 0 Å². The topological polar surface area (TPSA) is 111 Å². The molecule has 2 aromatic rings. The number of nitrogens with one attached hydrogen (secondary N) is 1. The quantitative estimate of drug-likeness (QED) is 0.439. The summed E-state index contributed by atoms with van der Waals surface area (Å²) in [7, 11) is 0. The summed E-state index contributed by atoms with van der Waals surface area (Å²) >= 11 is 12.1. The van der Waals surface area contributed by atoms with E-state index >= 15 is 0 Å². The first-order valence-electron chi connectivity index (χ1n) is 12.2. The van der Waals surface area contributed by atoms with Crippen molar-refractivity contribution in [2.45, 2.75) is 79.0 Å². The maximum Gasteiger partial charge on any atom is 0.326 e. The molecule has 0 saturated heterocycles. The molecule has 0 bridgehead atoms. The van der Waals surface area contributed by atoms with Crippen molar-refractivity contribution in [2.24, 2.45) is 16.7 Å². The third-order valence-corrected chi connectivity index (χ3v) is 8.19. The van der Waals surface area contributed by atoms with Crippen LogP contribution in [-0.2, 0) is 32.1 Å². The molecule has 0 spiro atoms. The number of carbonyl (C=O) groups is 3. The molecule has 8 nitrogen and oxygen atoms in total. The Morgan fingerprint density at radius 1 is 1.22 bits per heavy atom. The maximum atomic E-state index is 13.3. The van der Waals surface area contributed by atoms with Crippen molar-refractivity contribution in [3.05, 3.63) is 52.0 Å². The predicted octanol–water partition coefficient (Wildman–Crippen LogP) is 5.13. The fourth-order valence-corrected chi connectivity index (χ4v) is 5.16. The van der Waals surface area contributed by atoms with Gasteiger partial charge in [0.05, 0.1) is 27.5 Å². The SMILES string of the molecule is CC(C)(C)OC(=O)C1(C)CCC(C(=O)N[C@@H](Cc2cn(Cc3ccc(Cl)c(Cl)c3)cn2)C(=O)O)C1(C)C. The van der Waals surface area contributed by atoms with Crippen LogP contribution in [0.25, 0.3) is 0 Å². The van der Waals surface area contributed by atoms with Gasteiger partial charge in [-0.1, -0.05) is 43.1 Å². The fraction of sp³-hybridized carbons (Fsp3) is 0.556. The summed E-state index contributed by atoms with van der Waals surface area (Å²) in [6.45, 7) is 11.5. The van der Waals surface area contributed by atoms with Crippen LogP contribution in [0.3, 0.4) is 0 Å². The van der Waals surface area contributed by atoms with Gasteiger partial charge in [-0.05, 0) is 63.6 Å². The van der Waals surface area contributed by atoms with Crippen LogP contribution >= 0.6 is 23.2 Å². The van der Waals surface area contributed by atoms with Crippen LogP contribution in [0.1, 0.15) is 65.6 Å². The second-order valence-corrected chi connectivity index (χ2v) is 12.4.